The Kier molecular flexibility index (Phi) is 6.43. The van der Waals surface area contributed by atoms with Crippen molar-refractivity contribution in [3.8, 4) is 11.5 Å². The van der Waals surface area contributed by atoms with Crippen molar-refractivity contribution in [3.05, 3.63) is 63.7 Å². The molecule has 156 valence electrons. The van der Waals surface area contributed by atoms with Crippen LogP contribution in [0.3, 0.4) is 0 Å². The Hall–Kier alpha value is -2.90. The minimum atomic E-state index is -0.474. The fraction of sp³-hybridized carbons (Fsp3) is 0.227. The molecule has 3 rings (SSSR count). The molecule has 30 heavy (non-hydrogen) atoms. The first-order chi connectivity index (χ1) is 14.2. The van der Waals surface area contributed by atoms with Crippen LogP contribution in [0.4, 0.5) is 0 Å². The van der Waals surface area contributed by atoms with Crippen LogP contribution in [0.2, 0.25) is 5.02 Å². The Morgan fingerprint density at radius 3 is 2.37 bits per heavy atom. The quantitative estimate of drug-likeness (QED) is 0.398. The van der Waals surface area contributed by atoms with Crippen LogP contribution in [0.25, 0.3) is 6.08 Å². The lowest BCUT2D eigenvalue weighted by molar-refractivity contribution is -0.132. The van der Waals surface area contributed by atoms with Gasteiger partial charge in [-0.2, -0.15) is 0 Å². The van der Waals surface area contributed by atoms with E-state index < -0.39 is 11.8 Å². The van der Waals surface area contributed by atoms with Crippen LogP contribution in [-0.2, 0) is 16.2 Å². The summed E-state index contributed by atoms with van der Waals surface area (Å²) in [4.78, 5) is 27.5. The molecule has 0 saturated carbocycles. The topological polar surface area (TPSA) is 59.1 Å². The fourth-order valence-corrected chi connectivity index (χ4v) is 3.50. The second kappa shape index (κ2) is 8.85. The van der Waals surface area contributed by atoms with Gasteiger partial charge in [-0.25, -0.2) is 0 Å². The average molecular weight is 445 g/mol. The number of likely N-dealkylation sites (N-methyl/N-ethyl adjacent to an activating group) is 2. The molecule has 0 radical (unpaired) electrons. The van der Waals surface area contributed by atoms with Crippen LogP contribution in [0, 0.1) is 6.92 Å². The molecule has 0 atom stereocenters. The monoisotopic (exact) mass is 444 g/mol. The number of aryl methyl sites for hydroxylation is 1. The lowest BCUT2D eigenvalue weighted by atomic mass is 10.1. The van der Waals surface area contributed by atoms with Crippen molar-refractivity contribution in [2.45, 2.75) is 13.5 Å². The molecule has 1 heterocycles. The zero-order chi connectivity index (χ0) is 22.0. The number of hydrogen-bond acceptors (Lipinski definition) is 5. The van der Waals surface area contributed by atoms with E-state index in [0.29, 0.717) is 28.7 Å². The Labute approximate surface area is 185 Å². The van der Waals surface area contributed by atoms with Gasteiger partial charge in [0.15, 0.2) is 16.6 Å². The molecule has 2 aromatic carbocycles. The van der Waals surface area contributed by atoms with Gasteiger partial charge in [-0.3, -0.25) is 19.4 Å². The van der Waals surface area contributed by atoms with Crippen LogP contribution in [-0.4, -0.2) is 47.9 Å². The van der Waals surface area contributed by atoms with Gasteiger partial charge < -0.3 is 9.47 Å². The summed E-state index contributed by atoms with van der Waals surface area (Å²) in [6, 6.07) is 11.2. The van der Waals surface area contributed by atoms with Gasteiger partial charge in [0.2, 0.25) is 0 Å². The highest BCUT2D eigenvalue weighted by Gasteiger charge is 2.35. The zero-order valence-electron chi connectivity index (χ0n) is 17.1. The molecule has 1 saturated heterocycles. The van der Waals surface area contributed by atoms with Gasteiger partial charge in [-0.05, 0) is 48.5 Å². The highest BCUT2D eigenvalue weighted by molar-refractivity contribution is 7.80. The van der Waals surface area contributed by atoms with E-state index >= 15 is 0 Å². The summed E-state index contributed by atoms with van der Waals surface area (Å²) in [5.41, 5.74) is 2.65. The number of methoxy groups -OCH3 is 1. The molecule has 0 unspecified atom stereocenters. The third-order valence-corrected chi connectivity index (χ3v) is 5.50. The minimum absolute atomic E-state index is 0.0138. The van der Waals surface area contributed by atoms with Crippen molar-refractivity contribution in [1.82, 2.24) is 9.80 Å². The average Bonchev–Trinajstić information content (AvgIpc) is 2.73. The second-order valence-electron chi connectivity index (χ2n) is 6.88. The number of carbonyl (C=O) groups is 2. The summed E-state index contributed by atoms with van der Waals surface area (Å²) < 4.78 is 11.3. The fourth-order valence-electron chi connectivity index (χ4n) is 3.06. The van der Waals surface area contributed by atoms with Gasteiger partial charge in [-0.1, -0.05) is 41.4 Å². The van der Waals surface area contributed by atoms with E-state index in [1.807, 2.05) is 31.2 Å². The molecule has 1 aliphatic rings. The Bertz CT molecular complexity index is 1040. The lowest BCUT2D eigenvalue weighted by Gasteiger charge is -2.31. The molecule has 2 aromatic rings. The van der Waals surface area contributed by atoms with E-state index in [-0.39, 0.29) is 10.7 Å². The summed E-state index contributed by atoms with van der Waals surface area (Å²) in [6.07, 6.45) is 1.47. The first-order valence-corrected chi connectivity index (χ1v) is 9.89. The number of thiocarbonyl (C=S) groups is 1. The largest absolute Gasteiger partial charge is 0.493 e. The molecular weight excluding hydrogens is 424 g/mol. The Morgan fingerprint density at radius 1 is 1.10 bits per heavy atom. The highest BCUT2D eigenvalue weighted by Crippen LogP contribution is 2.38. The molecule has 0 aliphatic carbocycles. The van der Waals surface area contributed by atoms with E-state index in [4.69, 9.17) is 33.3 Å². The molecular formula is C22H21ClN2O4S. The van der Waals surface area contributed by atoms with Gasteiger partial charge in [0.05, 0.1) is 12.1 Å². The maximum absolute atomic E-state index is 12.5. The first-order valence-electron chi connectivity index (χ1n) is 9.10. The number of carbonyl (C=O) groups excluding carboxylic acids is 2. The second-order valence-corrected chi connectivity index (χ2v) is 7.65. The summed E-state index contributed by atoms with van der Waals surface area (Å²) in [6.45, 7) is 2.33. The lowest BCUT2D eigenvalue weighted by Crippen LogP contribution is -2.52. The van der Waals surface area contributed by atoms with E-state index in [9.17, 15) is 9.59 Å². The standard InChI is InChI=1S/C22H21ClN2O4S/c1-13-6-5-7-14(8-13)12-29-19-17(23)10-15(11-18(19)28-4)9-16-20(26)24(2)22(30)25(3)21(16)27/h5-11H,12H2,1-4H3. The van der Waals surface area contributed by atoms with Crippen molar-refractivity contribution in [3.63, 3.8) is 0 Å². The molecule has 8 heteroatoms. The molecule has 0 aromatic heterocycles. The summed E-state index contributed by atoms with van der Waals surface area (Å²) in [7, 11) is 4.55. The van der Waals surface area contributed by atoms with Crippen molar-refractivity contribution in [2.24, 2.45) is 0 Å². The highest BCUT2D eigenvalue weighted by atomic mass is 35.5. The predicted octanol–water partition coefficient (Wildman–Crippen LogP) is 3.83. The molecule has 6 nitrogen and oxygen atoms in total. The maximum atomic E-state index is 12.5. The van der Waals surface area contributed by atoms with Crippen molar-refractivity contribution < 1.29 is 19.1 Å². The maximum Gasteiger partial charge on any atom is 0.265 e. The zero-order valence-corrected chi connectivity index (χ0v) is 18.6. The number of rotatable bonds is 5. The van der Waals surface area contributed by atoms with E-state index in [2.05, 4.69) is 0 Å². The van der Waals surface area contributed by atoms with Crippen molar-refractivity contribution >= 4 is 46.8 Å². The van der Waals surface area contributed by atoms with Crippen molar-refractivity contribution in [2.75, 3.05) is 21.2 Å². The smallest absolute Gasteiger partial charge is 0.265 e. The van der Waals surface area contributed by atoms with Gasteiger partial charge in [0.1, 0.15) is 12.2 Å². The van der Waals surface area contributed by atoms with Crippen molar-refractivity contribution in [1.29, 1.82) is 0 Å². The number of nitrogens with zero attached hydrogens (tertiary/aromatic N) is 2. The van der Waals surface area contributed by atoms with Gasteiger partial charge >= 0.3 is 0 Å². The summed E-state index contributed by atoms with van der Waals surface area (Å²) in [5.74, 6) is -0.162. The molecule has 1 fully saturated rings. The van der Waals surface area contributed by atoms with Crippen LogP contribution in [0.1, 0.15) is 16.7 Å². The van der Waals surface area contributed by atoms with Gasteiger partial charge in [0.25, 0.3) is 11.8 Å². The van der Waals surface area contributed by atoms with E-state index in [1.165, 1.54) is 37.1 Å². The molecule has 0 spiro atoms. The van der Waals surface area contributed by atoms with E-state index in [0.717, 1.165) is 11.1 Å². The van der Waals surface area contributed by atoms with Crippen LogP contribution in [0.5, 0.6) is 11.5 Å². The molecule has 2 amide bonds. The van der Waals surface area contributed by atoms with Gasteiger partial charge in [-0.15, -0.1) is 0 Å². The van der Waals surface area contributed by atoms with E-state index in [1.54, 1.807) is 12.1 Å². The Morgan fingerprint density at radius 2 is 1.77 bits per heavy atom. The summed E-state index contributed by atoms with van der Waals surface area (Å²) >= 11 is 11.5. The molecule has 0 bridgehead atoms. The number of ether oxygens (including phenoxy) is 2. The molecule has 1 aliphatic heterocycles. The SMILES string of the molecule is COc1cc(C=C2C(=O)N(C)C(=S)N(C)C2=O)cc(Cl)c1OCc1cccc(C)c1. The Balaban J connectivity index is 1.91. The predicted molar refractivity (Wildman–Crippen MR) is 120 cm³/mol. The number of hydrogen-bond donors (Lipinski definition) is 0. The molecule has 0 N–H and O–H groups in total. The number of amides is 2. The van der Waals surface area contributed by atoms with Crippen LogP contribution >= 0.6 is 23.8 Å². The third-order valence-electron chi connectivity index (χ3n) is 4.67. The first kappa shape index (κ1) is 21.8. The minimum Gasteiger partial charge on any atom is -0.493 e. The number of benzene rings is 2. The van der Waals surface area contributed by atoms with Crippen LogP contribution in [0.15, 0.2) is 42.0 Å². The summed E-state index contributed by atoms with van der Waals surface area (Å²) in [5, 5.41) is 0.458. The normalized spacial score (nSPS) is 14.3. The van der Waals surface area contributed by atoms with Crippen LogP contribution < -0.4 is 9.47 Å². The number of halogens is 1. The van der Waals surface area contributed by atoms with Gasteiger partial charge in [0, 0.05) is 14.1 Å². The third kappa shape index (κ3) is 4.32.